The van der Waals surface area contributed by atoms with Gasteiger partial charge in [0.15, 0.2) is 0 Å². The number of halogens is 1. The van der Waals surface area contributed by atoms with Gasteiger partial charge in [0.1, 0.15) is 5.71 Å². The summed E-state index contributed by atoms with van der Waals surface area (Å²) in [7, 11) is 0. The number of hydrogen-bond donors (Lipinski definition) is 0. The second-order valence-electron chi connectivity index (χ2n) is 7.61. The second-order valence-corrected chi connectivity index (χ2v) is 8.46. The van der Waals surface area contributed by atoms with Gasteiger partial charge in [0.2, 0.25) is 0 Å². The molecule has 0 saturated carbocycles. The molecule has 2 aromatic carbocycles. The van der Waals surface area contributed by atoms with Crippen molar-refractivity contribution < 1.29 is 4.79 Å². The second kappa shape index (κ2) is 7.56. The standard InChI is InChI=1S/C22H24BrN3O/c1-15-6-5-11-25(13-15)14-26-20-8-4-3-7-18(20)21(22(26)27)24-17-10-9-16(2)19(23)12-17/h3-4,7-10,12,15H,5-6,11,13-14H2,1-2H3/t15-/m1/s1. The molecule has 0 N–H and O–H groups in total. The van der Waals surface area contributed by atoms with Gasteiger partial charge in [-0.25, -0.2) is 4.99 Å². The number of benzene rings is 2. The van der Waals surface area contributed by atoms with E-state index >= 15 is 0 Å². The fraction of sp³-hybridized carbons (Fsp3) is 0.364. The third kappa shape index (κ3) is 3.71. The van der Waals surface area contributed by atoms with E-state index in [1.165, 1.54) is 12.8 Å². The molecule has 4 nitrogen and oxygen atoms in total. The van der Waals surface area contributed by atoms with E-state index in [2.05, 4.69) is 27.8 Å². The summed E-state index contributed by atoms with van der Waals surface area (Å²) in [6.07, 6.45) is 2.47. The molecule has 2 aromatic rings. The summed E-state index contributed by atoms with van der Waals surface area (Å²) in [6.45, 7) is 7.06. The lowest BCUT2D eigenvalue weighted by atomic mass is 10.0. The van der Waals surface area contributed by atoms with Gasteiger partial charge in [0.05, 0.1) is 18.0 Å². The van der Waals surface area contributed by atoms with Crippen LogP contribution >= 0.6 is 15.9 Å². The van der Waals surface area contributed by atoms with Crippen molar-refractivity contribution in [3.05, 3.63) is 58.1 Å². The average molecular weight is 426 g/mol. The number of hydrogen-bond acceptors (Lipinski definition) is 3. The first-order chi connectivity index (χ1) is 13.0. The molecule has 0 bridgehead atoms. The van der Waals surface area contributed by atoms with Gasteiger partial charge in [-0.2, -0.15) is 0 Å². The van der Waals surface area contributed by atoms with Crippen LogP contribution in [0.25, 0.3) is 0 Å². The Balaban J connectivity index is 1.67. The molecule has 1 saturated heterocycles. The predicted molar refractivity (Wildman–Crippen MR) is 114 cm³/mol. The minimum absolute atomic E-state index is 0.00822. The zero-order valence-electron chi connectivity index (χ0n) is 15.8. The number of fused-ring (bicyclic) bond motifs is 1. The third-order valence-electron chi connectivity index (χ3n) is 5.38. The highest BCUT2D eigenvalue weighted by atomic mass is 79.9. The summed E-state index contributed by atoms with van der Waals surface area (Å²) < 4.78 is 1.00. The SMILES string of the molecule is Cc1ccc(N=C2C(=O)N(CN3CCC[C@@H](C)C3)c3ccccc32)cc1Br. The van der Waals surface area contributed by atoms with Crippen LogP contribution in [0.3, 0.4) is 0 Å². The lowest BCUT2D eigenvalue weighted by Crippen LogP contribution is -2.45. The van der Waals surface area contributed by atoms with Crippen LogP contribution in [0.5, 0.6) is 0 Å². The van der Waals surface area contributed by atoms with Gasteiger partial charge in [-0.15, -0.1) is 0 Å². The molecule has 0 unspecified atom stereocenters. The Labute approximate surface area is 169 Å². The van der Waals surface area contributed by atoms with Crippen LogP contribution in [-0.4, -0.2) is 36.3 Å². The molecule has 0 aromatic heterocycles. The maximum Gasteiger partial charge on any atom is 0.278 e. The number of carbonyl (C=O) groups is 1. The molecule has 0 radical (unpaired) electrons. The molecule has 0 aliphatic carbocycles. The molecule has 1 amide bonds. The van der Waals surface area contributed by atoms with Crippen LogP contribution in [-0.2, 0) is 4.79 Å². The number of rotatable bonds is 3. The van der Waals surface area contributed by atoms with E-state index < -0.39 is 0 Å². The van der Waals surface area contributed by atoms with E-state index in [1.54, 1.807) is 0 Å². The maximum absolute atomic E-state index is 13.2. The number of piperidine rings is 1. The Morgan fingerprint density at radius 3 is 2.81 bits per heavy atom. The van der Waals surface area contributed by atoms with Crippen LogP contribution in [0.15, 0.2) is 51.9 Å². The largest absolute Gasteiger partial charge is 0.293 e. The van der Waals surface area contributed by atoms with Crippen molar-refractivity contribution in [2.24, 2.45) is 10.9 Å². The highest BCUT2D eigenvalue weighted by Gasteiger charge is 2.35. The van der Waals surface area contributed by atoms with E-state index in [0.717, 1.165) is 40.1 Å². The molecule has 5 heteroatoms. The zero-order valence-corrected chi connectivity index (χ0v) is 17.4. The number of amides is 1. The van der Waals surface area contributed by atoms with Gasteiger partial charge in [0, 0.05) is 16.6 Å². The molecular formula is C22H24BrN3O. The van der Waals surface area contributed by atoms with Crippen molar-refractivity contribution in [2.45, 2.75) is 26.7 Å². The Hall–Kier alpha value is -1.98. The number of anilines is 1. The van der Waals surface area contributed by atoms with E-state index in [1.807, 2.05) is 54.3 Å². The molecular weight excluding hydrogens is 402 g/mol. The number of aryl methyl sites for hydroxylation is 1. The van der Waals surface area contributed by atoms with Gasteiger partial charge in [0.25, 0.3) is 5.91 Å². The van der Waals surface area contributed by atoms with Gasteiger partial charge in [-0.1, -0.05) is 47.1 Å². The number of likely N-dealkylation sites (tertiary alicyclic amines) is 1. The van der Waals surface area contributed by atoms with Crippen molar-refractivity contribution >= 4 is 38.9 Å². The smallest absolute Gasteiger partial charge is 0.278 e. The Kier molecular flexibility index (Phi) is 5.15. The van der Waals surface area contributed by atoms with Crippen LogP contribution in [0.2, 0.25) is 0 Å². The summed E-state index contributed by atoms with van der Waals surface area (Å²) in [5.74, 6) is 0.677. The van der Waals surface area contributed by atoms with Crippen LogP contribution in [0.1, 0.15) is 30.9 Å². The number of nitrogens with zero attached hydrogens (tertiary/aromatic N) is 3. The molecule has 140 valence electrons. The minimum atomic E-state index is -0.00822. The van der Waals surface area contributed by atoms with Crippen molar-refractivity contribution in [1.82, 2.24) is 4.90 Å². The summed E-state index contributed by atoms with van der Waals surface area (Å²) in [5.41, 5.74) is 4.36. The molecule has 1 fully saturated rings. The monoisotopic (exact) mass is 425 g/mol. The summed E-state index contributed by atoms with van der Waals surface area (Å²) in [5, 5.41) is 0. The number of carbonyl (C=O) groups excluding carboxylic acids is 1. The highest BCUT2D eigenvalue weighted by Crippen LogP contribution is 2.32. The molecule has 4 rings (SSSR count). The van der Waals surface area contributed by atoms with Gasteiger partial charge in [-0.3, -0.25) is 14.6 Å². The molecule has 2 aliphatic rings. The lowest BCUT2D eigenvalue weighted by Gasteiger charge is -2.33. The van der Waals surface area contributed by atoms with Gasteiger partial charge < -0.3 is 0 Å². The molecule has 1 atom stereocenters. The fourth-order valence-corrected chi connectivity index (χ4v) is 4.27. The molecule has 2 heterocycles. The summed E-state index contributed by atoms with van der Waals surface area (Å²) in [6, 6.07) is 13.9. The van der Waals surface area contributed by atoms with Crippen LogP contribution < -0.4 is 4.90 Å². The molecule has 27 heavy (non-hydrogen) atoms. The number of aliphatic imine (C=N–C) groups is 1. The Morgan fingerprint density at radius 2 is 2.04 bits per heavy atom. The Morgan fingerprint density at radius 1 is 1.22 bits per heavy atom. The van der Waals surface area contributed by atoms with Crippen LogP contribution in [0, 0.1) is 12.8 Å². The highest BCUT2D eigenvalue weighted by molar-refractivity contribution is 9.10. The summed E-state index contributed by atoms with van der Waals surface area (Å²) >= 11 is 3.55. The van der Waals surface area contributed by atoms with Crippen molar-refractivity contribution in [3.8, 4) is 0 Å². The topological polar surface area (TPSA) is 35.9 Å². The van der Waals surface area contributed by atoms with Crippen molar-refractivity contribution in [1.29, 1.82) is 0 Å². The zero-order chi connectivity index (χ0) is 19.0. The number of para-hydroxylation sites is 1. The van der Waals surface area contributed by atoms with E-state index in [9.17, 15) is 4.79 Å². The average Bonchev–Trinajstić information content (AvgIpc) is 2.91. The molecule has 0 spiro atoms. The third-order valence-corrected chi connectivity index (χ3v) is 6.23. The lowest BCUT2D eigenvalue weighted by molar-refractivity contribution is -0.112. The first kappa shape index (κ1) is 18.4. The van der Waals surface area contributed by atoms with Crippen molar-refractivity contribution in [3.63, 3.8) is 0 Å². The van der Waals surface area contributed by atoms with Crippen LogP contribution in [0.4, 0.5) is 11.4 Å². The maximum atomic E-state index is 13.2. The van der Waals surface area contributed by atoms with Crippen molar-refractivity contribution in [2.75, 3.05) is 24.7 Å². The first-order valence-corrected chi connectivity index (χ1v) is 10.3. The first-order valence-electron chi connectivity index (χ1n) is 9.51. The quantitative estimate of drug-likeness (QED) is 0.699. The van der Waals surface area contributed by atoms with E-state index in [4.69, 9.17) is 4.99 Å². The Bertz CT molecular complexity index is 908. The van der Waals surface area contributed by atoms with E-state index in [0.29, 0.717) is 18.3 Å². The van der Waals surface area contributed by atoms with Gasteiger partial charge >= 0.3 is 0 Å². The summed E-state index contributed by atoms with van der Waals surface area (Å²) in [4.78, 5) is 22.2. The minimum Gasteiger partial charge on any atom is -0.293 e. The van der Waals surface area contributed by atoms with E-state index in [-0.39, 0.29) is 5.91 Å². The fourth-order valence-electron chi connectivity index (χ4n) is 3.91. The molecule has 2 aliphatic heterocycles. The predicted octanol–water partition coefficient (Wildman–Crippen LogP) is 4.91. The van der Waals surface area contributed by atoms with Gasteiger partial charge in [-0.05, 0) is 56.0 Å². The normalized spacial score (nSPS) is 21.7.